The van der Waals surface area contributed by atoms with E-state index in [9.17, 15) is 9.59 Å². The molecule has 3 rings (SSSR count). The fourth-order valence-electron chi connectivity index (χ4n) is 3.31. The predicted molar refractivity (Wildman–Crippen MR) is 124 cm³/mol. The molecule has 2 aromatic rings. The molecule has 1 N–H and O–H groups in total. The zero-order valence-electron chi connectivity index (χ0n) is 17.7. The minimum Gasteiger partial charge on any atom is -0.383 e. The third kappa shape index (κ3) is 6.06. The van der Waals surface area contributed by atoms with Gasteiger partial charge in [-0.15, -0.1) is 11.3 Å². The van der Waals surface area contributed by atoms with Crippen LogP contribution in [-0.2, 0) is 9.53 Å². The van der Waals surface area contributed by atoms with E-state index in [0.29, 0.717) is 31.1 Å². The van der Waals surface area contributed by atoms with Gasteiger partial charge in [0.05, 0.1) is 23.2 Å². The number of urea groups is 1. The van der Waals surface area contributed by atoms with E-state index in [0.717, 1.165) is 22.6 Å². The zero-order chi connectivity index (χ0) is 22.2. The Morgan fingerprint density at radius 3 is 2.74 bits per heavy atom. The van der Waals surface area contributed by atoms with Crippen molar-refractivity contribution in [1.29, 1.82) is 0 Å². The highest BCUT2D eigenvalue weighted by Crippen LogP contribution is 2.34. The first-order chi connectivity index (χ1) is 15.0. The Hall–Kier alpha value is -2.42. The van der Waals surface area contributed by atoms with Crippen LogP contribution < -0.4 is 5.32 Å². The van der Waals surface area contributed by atoms with E-state index >= 15 is 0 Å². The van der Waals surface area contributed by atoms with Crippen LogP contribution in [0.3, 0.4) is 0 Å². The van der Waals surface area contributed by atoms with Crippen molar-refractivity contribution in [2.75, 3.05) is 33.4 Å². The molecule has 166 valence electrons. The van der Waals surface area contributed by atoms with E-state index in [4.69, 9.17) is 16.3 Å². The Morgan fingerprint density at radius 1 is 1.32 bits per heavy atom. The van der Waals surface area contributed by atoms with Gasteiger partial charge < -0.3 is 15.0 Å². The number of carbonyl (C=O) groups excluding carboxylic acids is 2. The van der Waals surface area contributed by atoms with Crippen molar-refractivity contribution in [2.45, 2.75) is 25.8 Å². The first-order valence-electron chi connectivity index (χ1n) is 10.2. The van der Waals surface area contributed by atoms with Crippen LogP contribution >= 0.6 is 22.9 Å². The standard InChI is InChI=1S/C22H27ClN4O3S/c1-3-10-24-22(29)26(11-12-30-2)15-21(28)27-19(16-6-8-17(23)9-7-16)14-18(25-27)20-5-4-13-31-20/h4-9,13,19H,3,10-12,14-15H2,1-2H3,(H,24,29). The maximum Gasteiger partial charge on any atom is 0.317 e. The summed E-state index contributed by atoms with van der Waals surface area (Å²) in [6.45, 7) is 3.11. The lowest BCUT2D eigenvalue weighted by Crippen LogP contribution is -2.47. The second-order valence-corrected chi connectivity index (χ2v) is 8.56. The number of hydrazone groups is 1. The number of carbonyl (C=O) groups is 2. The number of halogens is 1. The van der Waals surface area contributed by atoms with E-state index in [1.54, 1.807) is 18.4 Å². The number of rotatable bonds is 9. The number of nitrogens with zero attached hydrogens (tertiary/aromatic N) is 3. The van der Waals surface area contributed by atoms with Crippen molar-refractivity contribution in [3.8, 4) is 0 Å². The predicted octanol–water partition coefficient (Wildman–Crippen LogP) is 4.15. The third-order valence-electron chi connectivity index (χ3n) is 4.93. The first-order valence-corrected chi connectivity index (χ1v) is 11.5. The number of benzene rings is 1. The number of ether oxygens (including phenoxy) is 1. The average molecular weight is 463 g/mol. The lowest BCUT2D eigenvalue weighted by molar-refractivity contribution is -0.133. The molecule has 31 heavy (non-hydrogen) atoms. The Bertz CT molecular complexity index is 902. The SMILES string of the molecule is CCCNC(=O)N(CCOC)CC(=O)N1N=C(c2cccs2)CC1c1ccc(Cl)cc1. The Kier molecular flexibility index (Phi) is 8.45. The first kappa shape index (κ1) is 23.2. The van der Waals surface area contributed by atoms with E-state index in [1.807, 2.05) is 48.7 Å². The molecule has 0 radical (unpaired) electrons. The molecule has 9 heteroatoms. The van der Waals surface area contributed by atoms with Crippen molar-refractivity contribution in [3.05, 3.63) is 57.2 Å². The molecule has 0 fully saturated rings. The van der Waals surface area contributed by atoms with Crippen molar-refractivity contribution in [3.63, 3.8) is 0 Å². The van der Waals surface area contributed by atoms with Gasteiger partial charge in [0.1, 0.15) is 6.54 Å². The lowest BCUT2D eigenvalue weighted by atomic mass is 10.0. The molecule has 0 aliphatic carbocycles. The van der Waals surface area contributed by atoms with Gasteiger partial charge in [0.2, 0.25) is 0 Å². The minimum atomic E-state index is -0.281. The van der Waals surface area contributed by atoms with Crippen molar-refractivity contribution in [2.24, 2.45) is 5.10 Å². The second kappa shape index (κ2) is 11.3. The summed E-state index contributed by atoms with van der Waals surface area (Å²) in [6, 6.07) is 10.9. The fourth-order valence-corrected chi connectivity index (χ4v) is 4.16. The van der Waals surface area contributed by atoms with Crippen molar-refractivity contribution in [1.82, 2.24) is 15.2 Å². The van der Waals surface area contributed by atoms with Gasteiger partial charge in [0.25, 0.3) is 5.91 Å². The zero-order valence-corrected chi connectivity index (χ0v) is 19.3. The van der Waals surface area contributed by atoms with Gasteiger partial charge in [-0.1, -0.05) is 36.7 Å². The number of hydrogen-bond donors (Lipinski definition) is 1. The van der Waals surface area contributed by atoms with E-state index in [2.05, 4.69) is 10.4 Å². The van der Waals surface area contributed by atoms with Crippen LogP contribution in [0.25, 0.3) is 0 Å². The molecule has 1 aromatic carbocycles. The number of amides is 3. The summed E-state index contributed by atoms with van der Waals surface area (Å²) in [4.78, 5) is 28.3. The molecule has 1 aliphatic heterocycles. The summed E-state index contributed by atoms with van der Waals surface area (Å²) in [5.74, 6) is -0.241. The Balaban J connectivity index is 1.82. The molecular weight excluding hydrogens is 436 g/mol. The highest BCUT2D eigenvalue weighted by Gasteiger charge is 2.34. The van der Waals surface area contributed by atoms with E-state index in [-0.39, 0.29) is 24.5 Å². The van der Waals surface area contributed by atoms with Crippen LogP contribution in [0.5, 0.6) is 0 Å². The van der Waals surface area contributed by atoms with Crippen LogP contribution in [0.2, 0.25) is 5.02 Å². The van der Waals surface area contributed by atoms with Crippen LogP contribution in [0.4, 0.5) is 4.79 Å². The summed E-state index contributed by atoms with van der Waals surface area (Å²) in [7, 11) is 1.57. The van der Waals surface area contributed by atoms with E-state index in [1.165, 1.54) is 9.91 Å². The molecule has 1 atom stereocenters. The average Bonchev–Trinajstić information content (AvgIpc) is 3.45. The monoisotopic (exact) mass is 462 g/mol. The van der Waals surface area contributed by atoms with Crippen molar-refractivity contribution >= 4 is 40.6 Å². The summed E-state index contributed by atoms with van der Waals surface area (Å²) in [6.07, 6.45) is 1.42. The molecule has 1 unspecified atom stereocenters. The van der Waals surface area contributed by atoms with Gasteiger partial charge in [-0.05, 0) is 35.6 Å². The number of thiophene rings is 1. The number of hydrogen-bond acceptors (Lipinski definition) is 5. The number of nitrogens with one attached hydrogen (secondary N) is 1. The maximum absolute atomic E-state index is 13.3. The van der Waals surface area contributed by atoms with Crippen LogP contribution in [0.15, 0.2) is 46.9 Å². The Morgan fingerprint density at radius 2 is 2.10 bits per heavy atom. The summed E-state index contributed by atoms with van der Waals surface area (Å²) >= 11 is 7.64. The van der Waals surface area contributed by atoms with Crippen LogP contribution in [0, 0.1) is 0 Å². The topological polar surface area (TPSA) is 74.2 Å². The summed E-state index contributed by atoms with van der Waals surface area (Å²) in [5.41, 5.74) is 1.81. The normalized spacial score (nSPS) is 15.6. The van der Waals surface area contributed by atoms with Gasteiger partial charge in [-0.25, -0.2) is 9.80 Å². The van der Waals surface area contributed by atoms with Gasteiger partial charge >= 0.3 is 6.03 Å². The summed E-state index contributed by atoms with van der Waals surface area (Å²) < 4.78 is 5.12. The molecule has 2 heterocycles. The van der Waals surface area contributed by atoms with Gasteiger partial charge in [0, 0.05) is 31.6 Å². The Labute approximate surface area is 191 Å². The largest absolute Gasteiger partial charge is 0.383 e. The fraction of sp³-hybridized carbons (Fsp3) is 0.409. The van der Waals surface area contributed by atoms with Gasteiger partial charge in [0.15, 0.2) is 0 Å². The summed E-state index contributed by atoms with van der Waals surface area (Å²) in [5, 5.41) is 11.6. The van der Waals surface area contributed by atoms with Crippen molar-refractivity contribution < 1.29 is 14.3 Å². The van der Waals surface area contributed by atoms with Gasteiger partial charge in [-0.2, -0.15) is 5.10 Å². The molecule has 0 saturated carbocycles. The molecule has 1 aliphatic rings. The smallest absolute Gasteiger partial charge is 0.317 e. The van der Waals surface area contributed by atoms with Gasteiger partial charge in [-0.3, -0.25) is 4.79 Å². The maximum atomic E-state index is 13.3. The molecule has 1 aromatic heterocycles. The second-order valence-electron chi connectivity index (χ2n) is 7.18. The number of methoxy groups -OCH3 is 1. The molecule has 0 spiro atoms. The lowest BCUT2D eigenvalue weighted by Gasteiger charge is -2.27. The molecule has 0 saturated heterocycles. The molecule has 3 amide bonds. The van der Waals surface area contributed by atoms with E-state index < -0.39 is 0 Å². The third-order valence-corrected chi connectivity index (χ3v) is 6.10. The van der Waals surface area contributed by atoms with Crippen LogP contribution in [0.1, 0.15) is 36.2 Å². The minimum absolute atomic E-state index is 0.0791. The molecule has 0 bridgehead atoms. The molecular formula is C22H27ClN4O3S. The molecule has 7 nitrogen and oxygen atoms in total. The van der Waals surface area contributed by atoms with Crippen LogP contribution in [-0.4, -0.2) is 60.9 Å². The highest BCUT2D eigenvalue weighted by atomic mass is 35.5. The highest BCUT2D eigenvalue weighted by molar-refractivity contribution is 7.12. The quantitative estimate of drug-likeness (QED) is 0.608.